The number of halogens is 1. The van der Waals surface area contributed by atoms with Crippen molar-refractivity contribution in [2.45, 2.75) is 38.9 Å². The molecule has 0 spiro atoms. The zero-order valence-electron chi connectivity index (χ0n) is 23.3. The van der Waals surface area contributed by atoms with Crippen molar-refractivity contribution in [2.24, 2.45) is 0 Å². The number of fused-ring (bicyclic) bond motifs is 1. The molecule has 4 aromatic rings. The van der Waals surface area contributed by atoms with Crippen LogP contribution in [0.15, 0.2) is 102 Å². The molecule has 1 N–H and O–H groups in total. The predicted molar refractivity (Wildman–Crippen MR) is 168 cm³/mol. The number of anilines is 1. The minimum atomic E-state index is -3.86. The first-order chi connectivity index (χ1) is 19.5. The number of nitrogens with one attached hydrogen (secondary N) is 1. The standard InChI is InChI=1S/C32H34BrN3O4S/c1-23(2)34-32(38)30(20-24-11-5-4-6-12-24)35(21-25-13-9-16-27(33)19-25)31(37)22-36(41(3,39)40)29-18-10-15-26-14-7-8-17-28(26)29/h4-19,23,30H,20-22H2,1-3H3,(H,34,38)/t30-/m0/s1. The van der Waals surface area contributed by atoms with Crippen LogP contribution in [0.25, 0.3) is 10.8 Å². The van der Waals surface area contributed by atoms with Crippen molar-refractivity contribution in [3.63, 3.8) is 0 Å². The third kappa shape index (κ3) is 7.95. The highest BCUT2D eigenvalue weighted by Crippen LogP contribution is 2.29. The lowest BCUT2D eigenvalue weighted by molar-refractivity contribution is -0.140. The van der Waals surface area contributed by atoms with E-state index in [9.17, 15) is 18.0 Å². The van der Waals surface area contributed by atoms with Gasteiger partial charge in [0.05, 0.1) is 11.9 Å². The Bertz CT molecular complexity index is 1620. The summed E-state index contributed by atoms with van der Waals surface area (Å²) in [6.07, 6.45) is 1.36. The highest BCUT2D eigenvalue weighted by atomic mass is 79.9. The molecule has 2 amide bonds. The van der Waals surface area contributed by atoms with Crippen LogP contribution in [0.1, 0.15) is 25.0 Å². The lowest BCUT2D eigenvalue weighted by atomic mass is 10.0. The van der Waals surface area contributed by atoms with Crippen molar-refractivity contribution in [3.05, 3.63) is 113 Å². The van der Waals surface area contributed by atoms with E-state index in [2.05, 4.69) is 21.2 Å². The van der Waals surface area contributed by atoms with E-state index in [1.54, 1.807) is 12.1 Å². The Hall–Kier alpha value is -3.69. The monoisotopic (exact) mass is 635 g/mol. The average Bonchev–Trinajstić information content (AvgIpc) is 2.93. The molecule has 0 aliphatic rings. The molecule has 7 nitrogen and oxygen atoms in total. The van der Waals surface area contributed by atoms with Crippen LogP contribution in [-0.4, -0.2) is 50.0 Å². The maximum absolute atomic E-state index is 14.2. The fourth-order valence-electron chi connectivity index (χ4n) is 4.79. The molecule has 4 aromatic carbocycles. The molecule has 0 aliphatic carbocycles. The van der Waals surface area contributed by atoms with Gasteiger partial charge in [-0.3, -0.25) is 13.9 Å². The van der Waals surface area contributed by atoms with Gasteiger partial charge in [0.15, 0.2) is 0 Å². The molecular formula is C32H34BrN3O4S. The second-order valence-electron chi connectivity index (χ2n) is 10.3. The third-order valence-corrected chi connectivity index (χ3v) is 8.28. The highest BCUT2D eigenvalue weighted by molar-refractivity contribution is 9.10. The van der Waals surface area contributed by atoms with Crippen molar-refractivity contribution in [3.8, 4) is 0 Å². The van der Waals surface area contributed by atoms with Gasteiger partial charge in [0.1, 0.15) is 12.6 Å². The molecule has 4 rings (SSSR count). The lowest BCUT2D eigenvalue weighted by Gasteiger charge is -2.34. The molecule has 0 aliphatic heterocycles. The summed E-state index contributed by atoms with van der Waals surface area (Å²) < 4.78 is 28.3. The molecule has 214 valence electrons. The van der Waals surface area contributed by atoms with Crippen molar-refractivity contribution in [1.29, 1.82) is 0 Å². The van der Waals surface area contributed by atoms with Gasteiger partial charge in [0.2, 0.25) is 21.8 Å². The van der Waals surface area contributed by atoms with Gasteiger partial charge in [-0.1, -0.05) is 94.8 Å². The molecule has 0 radical (unpaired) electrons. The zero-order chi connectivity index (χ0) is 29.6. The van der Waals surface area contributed by atoms with Crippen molar-refractivity contribution in [1.82, 2.24) is 10.2 Å². The topological polar surface area (TPSA) is 86.8 Å². The summed E-state index contributed by atoms with van der Waals surface area (Å²) in [6.45, 7) is 3.39. The van der Waals surface area contributed by atoms with Crippen LogP contribution in [0.2, 0.25) is 0 Å². The number of hydrogen-bond acceptors (Lipinski definition) is 4. The van der Waals surface area contributed by atoms with Gasteiger partial charge < -0.3 is 10.2 Å². The number of sulfonamides is 1. The smallest absolute Gasteiger partial charge is 0.244 e. The molecule has 0 saturated carbocycles. The first kappa shape index (κ1) is 30.3. The minimum absolute atomic E-state index is 0.119. The van der Waals surface area contributed by atoms with E-state index >= 15 is 0 Å². The number of rotatable bonds is 11. The van der Waals surface area contributed by atoms with Gasteiger partial charge in [-0.15, -0.1) is 0 Å². The summed E-state index contributed by atoms with van der Waals surface area (Å²) >= 11 is 3.49. The van der Waals surface area contributed by atoms with Gasteiger partial charge in [-0.2, -0.15) is 0 Å². The van der Waals surface area contributed by atoms with Crippen LogP contribution in [-0.2, 0) is 32.6 Å². The van der Waals surface area contributed by atoms with Crippen molar-refractivity contribution in [2.75, 3.05) is 17.1 Å². The summed E-state index contributed by atoms with van der Waals surface area (Å²) in [5, 5.41) is 4.53. The second-order valence-corrected chi connectivity index (χ2v) is 13.1. The maximum Gasteiger partial charge on any atom is 0.244 e. The van der Waals surface area contributed by atoms with E-state index in [-0.39, 0.29) is 24.9 Å². The Morgan fingerprint density at radius 2 is 1.49 bits per heavy atom. The molecule has 0 bridgehead atoms. The lowest BCUT2D eigenvalue weighted by Crippen LogP contribution is -2.54. The summed E-state index contributed by atoms with van der Waals surface area (Å²) in [5.74, 6) is -0.786. The van der Waals surface area contributed by atoms with Crippen LogP contribution >= 0.6 is 15.9 Å². The number of benzene rings is 4. The Morgan fingerprint density at radius 3 is 2.17 bits per heavy atom. The van der Waals surface area contributed by atoms with Crippen LogP contribution < -0.4 is 9.62 Å². The summed E-state index contributed by atoms with van der Waals surface area (Å²) in [7, 11) is -3.86. The van der Waals surface area contributed by atoms with Crippen LogP contribution in [0.4, 0.5) is 5.69 Å². The van der Waals surface area contributed by atoms with Gasteiger partial charge in [-0.05, 0) is 48.6 Å². The molecule has 1 atom stereocenters. The predicted octanol–water partition coefficient (Wildman–Crippen LogP) is 5.53. The van der Waals surface area contributed by atoms with E-state index in [4.69, 9.17) is 0 Å². The summed E-state index contributed by atoms with van der Waals surface area (Å²) in [5.41, 5.74) is 2.10. The van der Waals surface area contributed by atoms with Crippen LogP contribution in [0, 0.1) is 0 Å². The number of carbonyl (C=O) groups is 2. The SMILES string of the molecule is CC(C)NC(=O)[C@H](Cc1ccccc1)N(Cc1cccc(Br)c1)C(=O)CN(c1cccc2ccccc12)S(C)(=O)=O. The van der Waals surface area contributed by atoms with Gasteiger partial charge >= 0.3 is 0 Å². The Labute approximate surface area is 250 Å². The molecule has 41 heavy (non-hydrogen) atoms. The first-order valence-corrected chi connectivity index (χ1v) is 16.0. The fourth-order valence-corrected chi connectivity index (χ4v) is 6.10. The van der Waals surface area contributed by atoms with Crippen molar-refractivity contribution >= 4 is 54.2 Å². The third-order valence-electron chi connectivity index (χ3n) is 6.66. The van der Waals surface area contributed by atoms with Gasteiger partial charge in [0, 0.05) is 28.9 Å². The van der Waals surface area contributed by atoms with E-state index < -0.39 is 28.5 Å². The molecule has 0 saturated heterocycles. The number of hydrogen-bond donors (Lipinski definition) is 1. The van der Waals surface area contributed by atoms with Gasteiger partial charge in [-0.25, -0.2) is 8.42 Å². The Morgan fingerprint density at radius 1 is 0.854 bits per heavy atom. The van der Waals surface area contributed by atoms with E-state index in [1.807, 2.05) is 98.8 Å². The molecular weight excluding hydrogens is 602 g/mol. The Kier molecular flexibility index (Phi) is 9.83. The Balaban J connectivity index is 1.78. The van der Waals surface area contributed by atoms with E-state index in [0.717, 1.165) is 31.5 Å². The van der Waals surface area contributed by atoms with Gasteiger partial charge in [0.25, 0.3) is 0 Å². The summed E-state index contributed by atoms with van der Waals surface area (Å²) in [6, 6.07) is 28.8. The first-order valence-electron chi connectivity index (χ1n) is 13.4. The zero-order valence-corrected chi connectivity index (χ0v) is 25.7. The molecule has 0 unspecified atom stereocenters. The van der Waals surface area contributed by atoms with Crippen LogP contribution in [0.5, 0.6) is 0 Å². The van der Waals surface area contributed by atoms with E-state index in [0.29, 0.717) is 11.1 Å². The largest absolute Gasteiger partial charge is 0.352 e. The number of amides is 2. The molecule has 0 heterocycles. The highest BCUT2D eigenvalue weighted by Gasteiger charge is 2.33. The minimum Gasteiger partial charge on any atom is -0.352 e. The van der Waals surface area contributed by atoms with Crippen LogP contribution in [0.3, 0.4) is 0 Å². The quantitative estimate of drug-likeness (QED) is 0.235. The normalized spacial score (nSPS) is 12.2. The molecule has 0 fully saturated rings. The fraction of sp³-hybridized carbons (Fsp3) is 0.250. The molecule has 9 heteroatoms. The molecule has 0 aromatic heterocycles. The average molecular weight is 637 g/mol. The van der Waals surface area contributed by atoms with E-state index in [1.165, 1.54) is 4.90 Å². The second kappa shape index (κ2) is 13.3. The van der Waals surface area contributed by atoms with Crippen molar-refractivity contribution < 1.29 is 18.0 Å². The number of nitrogens with zero attached hydrogens (tertiary/aromatic N) is 2. The summed E-state index contributed by atoms with van der Waals surface area (Å²) in [4.78, 5) is 29.4. The number of carbonyl (C=O) groups excluding carboxylic acids is 2. The maximum atomic E-state index is 14.2.